The van der Waals surface area contributed by atoms with Crippen LogP contribution in [0.4, 0.5) is 0 Å². The lowest BCUT2D eigenvalue weighted by molar-refractivity contribution is 0.408. The van der Waals surface area contributed by atoms with E-state index in [9.17, 15) is 5.11 Å². The highest BCUT2D eigenvalue weighted by molar-refractivity contribution is 5.84. The zero-order chi connectivity index (χ0) is 12.5. The smallest absolute Gasteiger partial charge is 0.139 e. The number of benzene rings is 2. The van der Waals surface area contributed by atoms with Crippen LogP contribution in [-0.4, -0.2) is 12.2 Å². The van der Waals surface area contributed by atoms with Gasteiger partial charge in [-0.15, -0.1) is 0 Å². The molecule has 3 nitrogen and oxygen atoms in total. The Morgan fingerprint density at radius 3 is 2.67 bits per heavy atom. The van der Waals surface area contributed by atoms with Crippen LogP contribution < -0.4 is 4.74 Å². The Morgan fingerprint density at radius 2 is 1.89 bits per heavy atom. The van der Waals surface area contributed by atoms with E-state index in [0.29, 0.717) is 5.75 Å². The van der Waals surface area contributed by atoms with Crippen molar-refractivity contribution in [2.24, 2.45) is 0 Å². The Hall–Kier alpha value is -2.42. The number of phenolic OH excluding ortho intramolecular Hbond substituents is 1. The molecule has 0 bridgehead atoms. The van der Waals surface area contributed by atoms with Crippen molar-refractivity contribution in [3.63, 3.8) is 0 Å². The van der Waals surface area contributed by atoms with Crippen molar-refractivity contribution in [2.45, 2.75) is 0 Å². The minimum atomic E-state index is 0.173. The number of ether oxygens (including phenoxy) is 1. The average Bonchev–Trinajstić information content (AvgIpc) is 2.82. The minimum absolute atomic E-state index is 0.173. The lowest BCUT2D eigenvalue weighted by atomic mass is 10.1. The summed E-state index contributed by atoms with van der Waals surface area (Å²) in [7, 11) is 1.57. The monoisotopic (exact) mass is 240 g/mol. The molecule has 2 aromatic carbocycles. The highest BCUT2D eigenvalue weighted by Crippen LogP contribution is 2.35. The fraction of sp³-hybridized carbons (Fsp3) is 0.0667. The van der Waals surface area contributed by atoms with E-state index in [-0.39, 0.29) is 5.75 Å². The van der Waals surface area contributed by atoms with E-state index in [1.54, 1.807) is 25.3 Å². The van der Waals surface area contributed by atoms with Crippen molar-refractivity contribution >= 4 is 11.0 Å². The van der Waals surface area contributed by atoms with Gasteiger partial charge in [-0.25, -0.2) is 0 Å². The molecule has 0 amide bonds. The third-order valence-corrected chi connectivity index (χ3v) is 2.88. The zero-order valence-electron chi connectivity index (χ0n) is 9.88. The topological polar surface area (TPSA) is 42.6 Å². The first-order chi connectivity index (χ1) is 8.78. The molecule has 3 aromatic rings. The van der Waals surface area contributed by atoms with Crippen molar-refractivity contribution in [1.29, 1.82) is 0 Å². The van der Waals surface area contributed by atoms with Crippen molar-refractivity contribution in [2.75, 3.05) is 7.11 Å². The number of furan rings is 1. The van der Waals surface area contributed by atoms with Gasteiger partial charge < -0.3 is 14.3 Å². The van der Waals surface area contributed by atoms with Crippen molar-refractivity contribution in [3.8, 4) is 22.8 Å². The number of fused-ring (bicyclic) bond motifs is 1. The normalized spacial score (nSPS) is 10.7. The Bertz CT molecular complexity index is 665. The van der Waals surface area contributed by atoms with Crippen LogP contribution in [-0.2, 0) is 0 Å². The predicted molar refractivity (Wildman–Crippen MR) is 69.9 cm³/mol. The molecule has 1 N–H and O–H groups in total. The molecule has 90 valence electrons. The third kappa shape index (κ3) is 1.70. The molecule has 1 heterocycles. The second kappa shape index (κ2) is 4.11. The summed E-state index contributed by atoms with van der Waals surface area (Å²) in [6.07, 6.45) is 0. The average molecular weight is 240 g/mol. The number of hydrogen-bond acceptors (Lipinski definition) is 3. The SMILES string of the molecule is COc1cc(O)ccc1-c1cc2ccccc2o1. The van der Waals surface area contributed by atoms with Gasteiger partial charge in [-0.05, 0) is 24.3 Å². The molecule has 1 aromatic heterocycles. The highest BCUT2D eigenvalue weighted by Gasteiger charge is 2.11. The first-order valence-corrected chi connectivity index (χ1v) is 5.64. The van der Waals surface area contributed by atoms with Crippen LogP contribution in [0.3, 0.4) is 0 Å². The number of hydrogen-bond donors (Lipinski definition) is 1. The molecule has 0 aliphatic heterocycles. The molecule has 0 saturated carbocycles. The molecule has 3 rings (SSSR count). The molecule has 0 radical (unpaired) electrons. The first kappa shape index (κ1) is 10.7. The maximum absolute atomic E-state index is 9.44. The van der Waals surface area contributed by atoms with Gasteiger partial charge in [0.2, 0.25) is 0 Å². The molecule has 0 unspecified atom stereocenters. The van der Waals surface area contributed by atoms with Crippen LogP contribution in [0.25, 0.3) is 22.3 Å². The van der Waals surface area contributed by atoms with Crippen LogP contribution in [0.15, 0.2) is 52.9 Å². The Balaban J connectivity index is 2.19. The standard InChI is InChI=1S/C15H12O3/c1-17-14-9-11(16)6-7-12(14)15-8-10-4-2-3-5-13(10)18-15/h2-9,16H,1H3. The van der Waals surface area contributed by atoms with E-state index in [1.165, 1.54) is 0 Å². The summed E-state index contributed by atoms with van der Waals surface area (Å²) in [5, 5.41) is 10.5. The van der Waals surface area contributed by atoms with Gasteiger partial charge in [0.1, 0.15) is 22.8 Å². The summed E-state index contributed by atoms with van der Waals surface area (Å²) in [6.45, 7) is 0. The van der Waals surface area contributed by atoms with Crippen molar-refractivity contribution in [1.82, 2.24) is 0 Å². The van der Waals surface area contributed by atoms with Gasteiger partial charge >= 0.3 is 0 Å². The number of methoxy groups -OCH3 is 1. The molecule has 0 aliphatic rings. The predicted octanol–water partition coefficient (Wildman–Crippen LogP) is 3.81. The van der Waals surface area contributed by atoms with Crippen LogP contribution in [0.5, 0.6) is 11.5 Å². The summed E-state index contributed by atoms with van der Waals surface area (Å²) >= 11 is 0. The molecule has 0 aliphatic carbocycles. The lowest BCUT2D eigenvalue weighted by Gasteiger charge is -2.06. The summed E-state index contributed by atoms with van der Waals surface area (Å²) in [4.78, 5) is 0. The fourth-order valence-corrected chi connectivity index (χ4v) is 2.00. The van der Waals surface area contributed by atoms with Crippen LogP contribution >= 0.6 is 0 Å². The van der Waals surface area contributed by atoms with Crippen molar-refractivity contribution < 1.29 is 14.3 Å². The summed E-state index contributed by atoms with van der Waals surface area (Å²) in [6, 6.07) is 14.8. The second-order valence-electron chi connectivity index (χ2n) is 4.03. The number of aromatic hydroxyl groups is 1. The largest absolute Gasteiger partial charge is 0.508 e. The molecular weight excluding hydrogens is 228 g/mol. The maximum Gasteiger partial charge on any atom is 0.139 e. The second-order valence-corrected chi connectivity index (χ2v) is 4.03. The van der Waals surface area contributed by atoms with Crippen molar-refractivity contribution in [3.05, 3.63) is 48.5 Å². The van der Waals surface area contributed by atoms with Crippen LogP contribution in [0, 0.1) is 0 Å². The van der Waals surface area contributed by atoms with E-state index in [1.807, 2.05) is 30.3 Å². The molecule has 3 heteroatoms. The molecule has 0 spiro atoms. The van der Waals surface area contributed by atoms with Crippen LogP contribution in [0.2, 0.25) is 0 Å². The van der Waals surface area contributed by atoms with E-state index in [0.717, 1.165) is 22.3 Å². The molecule has 0 saturated heterocycles. The van der Waals surface area contributed by atoms with Gasteiger partial charge in [-0.2, -0.15) is 0 Å². The fourth-order valence-electron chi connectivity index (χ4n) is 2.00. The molecule has 18 heavy (non-hydrogen) atoms. The summed E-state index contributed by atoms with van der Waals surface area (Å²) < 4.78 is 11.0. The third-order valence-electron chi connectivity index (χ3n) is 2.88. The van der Waals surface area contributed by atoms with Crippen LogP contribution in [0.1, 0.15) is 0 Å². The Morgan fingerprint density at radius 1 is 1.06 bits per heavy atom. The van der Waals surface area contributed by atoms with E-state index < -0.39 is 0 Å². The number of phenols is 1. The Kier molecular flexibility index (Phi) is 2.45. The van der Waals surface area contributed by atoms with E-state index >= 15 is 0 Å². The molecule has 0 fully saturated rings. The van der Waals surface area contributed by atoms with Gasteiger partial charge in [0.05, 0.1) is 12.7 Å². The van der Waals surface area contributed by atoms with E-state index in [4.69, 9.17) is 9.15 Å². The summed E-state index contributed by atoms with van der Waals surface area (Å²) in [5.41, 5.74) is 1.66. The van der Waals surface area contributed by atoms with Gasteiger partial charge in [-0.3, -0.25) is 0 Å². The maximum atomic E-state index is 9.44. The summed E-state index contributed by atoms with van der Waals surface area (Å²) in [5.74, 6) is 1.49. The quantitative estimate of drug-likeness (QED) is 0.740. The number of rotatable bonds is 2. The first-order valence-electron chi connectivity index (χ1n) is 5.64. The molecule has 0 atom stereocenters. The minimum Gasteiger partial charge on any atom is -0.508 e. The molecular formula is C15H12O3. The van der Waals surface area contributed by atoms with Gasteiger partial charge in [0.15, 0.2) is 0 Å². The van der Waals surface area contributed by atoms with E-state index in [2.05, 4.69) is 0 Å². The van der Waals surface area contributed by atoms with Gasteiger partial charge in [0, 0.05) is 11.5 Å². The lowest BCUT2D eigenvalue weighted by Crippen LogP contribution is -1.86. The number of para-hydroxylation sites is 1. The Labute approximate surface area is 104 Å². The van der Waals surface area contributed by atoms with Gasteiger partial charge in [0.25, 0.3) is 0 Å². The zero-order valence-corrected chi connectivity index (χ0v) is 9.88. The van der Waals surface area contributed by atoms with Gasteiger partial charge in [-0.1, -0.05) is 18.2 Å². The highest BCUT2D eigenvalue weighted by atomic mass is 16.5.